The molecule has 0 spiro atoms. The van der Waals surface area contributed by atoms with Crippen molar-refractivity contribution in [3.63, 3.8) is 0 Å². The van der Waals surface area contributed by atoms with Gasteiger partial charge >= 0.3 is 6.18 Å². The number of amides is 1. The first-order valence-electron chi connectivity index (χ1n) is 11.3. The maximum atomic E-state index is 14.8. The van der Waals surface area contributed by atoms with Crippen molar-refractivity contribution in [3.05, 3.63) is 63.7 Å². The van der Waals surface area contributed by atoms with Gasteiger partial charge in [-0.15, -0.1) is 0 Å². The number of alkyl halides is 3. The molecule has 0 radical (unpaired) electrons. The number of fused-ring (bicyclic) bond motifs is 1. The predicted octanol–water partition coefficient (Wildman–Crippen LogP) is 3.83. The molecule has 7 nitrogen and oxygen atoms in total. The van der Waals surface area contributed by atoms with E-state index in [2.05, 4.69) is 4.98 Å². The van der Waals surface area contributed by atoms with Crippen LogP contribution in [-0.2, 0) is 0 Å². The first-order valence-corrected chi connectivity index (χ1v) is 11.3. The second-order valence-corrected chi connectivity index (χ2v) is 8.87. The lowest BCUT2D eigenvalue weighted by Crippen LogP contribution is -2.46. The molecule has 198 valence electrons. The van der Waals surface area contributed by atoms with E-state index < -0.39 is 64.8 Å². The molecule has 3 atom stereocenters. The van der Waals surface area contributed by atoms with Crippen molar-refractivity contribution in [1.29, 1.82) is 0 Å². The maximum absolute atomic E-state index is 14.8. The molecule has 2 N–H and O–H groups in total. The average molecular weight is 528 g/mol. The second kappa shape index (κ2) is 9.69. The van der Waals surface area contributed by atoms with E-state index in [1.165, 1.54) is 19.1 Å². The third-order valence-electron chi connectivity index (χ3n) is 6.26. The summed E-state index contributed by atoms with van der Waals surface area (Å²) in [5.41, 5.74) is -3.04. The molecule has 0 saturated carbocycles. The summed E-state index contributed by atoms with van der Waals surface area (Å²) < 4.78 is 83.6. The third-order valence-corrected chi connectivity index (χ3v) is 6.26. The molecule has 3 heterocycles. The number of aliphatic hydroxyl groups excluding tert-OH is 1. The molecule has 1 aliphatic rings. The van der Waals surface area contributed by atoms with Crippen LogP contribution in [-0.4, -0.2) is 51.5 Å². The van der Waals surface area contributed by atoms with Gasteiger partial charge in [0.25, 0.3) is 5.91 Å². The van der Waals surface area contributed by atoms with Gasteiger partial charge in [-0.3, -0.25) is 14.2 Å². The minimum atomic E-state index is -4.80. The summed E-state index contributed by atoms with van der Waals surface area (Å²) in [7, 11) is 0. The zero-order valence-electron chi connectivity index (χ0n) is 19.6. The zero-order chi connectivity index (χ0) is 27.2. The van der Waals surface area contributed by atoms with E-state index >= 15 is 0 Å². The predicted molar refractivity (Wildman–Crippen MR) is 122 cm³/mol. The second-order valence-electron chi connectivity index (χ2n) is 8.87. The number of hydrogen-bond donors (Lipinski definition) is 2. The van der Waals surface area contributed by atoms with E-state index in [4.69, 9.17) is 0 Å². The Bertz CT molecular complexity index is 1400. The third kappa shape index (κ3) is 4.99. The van der Waals surface area contributed by atoms with Gasteiger partial charge in [-0.2, -0.15) is 13.2 Å². The van der Waals surface area contributed by atoms with Crippen LogP contribution in [0.15, 0.2) is 35.3 Å². The first kappa shape index (κ1) is 26.5. The van der Waals surface area contributed by atoms with Gasteiger partial charge in [0.2, 0.25) is 5.43 Å². The average Bonchev–Trinajstić information content (AvgIpc) is 3.14. The molecule has 37 heavy (non-hydrogen) atoms. The number of benzene rings is 1. The standard InChI is InChI=1S/C24H22F6N4O3/c1-3-18(24(28,29)30)31-23(37)15-10-34(20-16(26)7-12(25)8-17(20)27)22-14(21(15)36)4-5-19(32-22)33-9-13(35)6-11(33)2/h4-5,7-8,10-11,13,18,35H,3,6,9H2,1-2H3,(H,31,37)/t11-,13+,18?/m1/s1. The fourth-order valence-electron chi connectivity index (χ4n) is 4.42. The summed E-state index contributed by atoms with van der Waals surface area (Å²) in [5.74, 6) is -5.19. The van der Waals surface area contributed by atoms with Crippen LogP contribution in [0.2, 0.25) is 0 Å². The fourth-order valence-corrected chi connectivity index (χ4v) is 4.42. The summed E-state index contributed by atoms with van der Waals surface area (Å²) in [6, 6.07) is 0.935. The van der Waals surface area contributed by atoms with Gasteiger partial charge in [0.1, 0.15) is 28.9 Å². The van der Waals surface area contributed by atoms with Crippen molar-refractivity contribution in [3.8, 4) is 5.69 Å². The van der Waals surface area contributed by atoms with Crippen LogP contribution in [0.1, 0.15) is 37.0 Å². The van der Waals surface area contributed by atoms with Crippen LogP contribution in [0.25, 0.3) is 16.7 Å². The Morgan fingerprint density at radius 1 is 1.22 bits per heavy atom. The highest BCUT2D eigenvalue weighted by Gasteiger charge is 2.40. The van der Waals surface area contributed by atoms with Gasteiger partial charge in [0.05, 0.1) is 11.5 Å². The number of nitrogens with one attached hydrogen (secondary N) is 1. The molecule has 1 saturated heterocycles. The van der Waals surface area contributed by atoms with Crippen molar-refractivity contribution in [2.45, 2.75) is 51.1 Å². The quantitative estimate of drug-likeness (QED) is 0.492. The molecule has 3 aromatic rings. The highest BCUT2D eigenvalue weighted by atomic mass is 19.4. The van der Waals surface area contributed by atoms with Crippen molar-refractivity contribution >= 4 is 22.8 Å². The highest BCUT2D eigenvalue weighted by molar-refractivity contribution is 5.97. The van der Waals surface area contributed by atoms with E-state index in [-0.39, 0.29) is 29.4 Å². The van der Waals surface area contributed by atoms with E-state index in [0.29, 0.717) is 29.3 Å². The number of aromatic nitrogens is 2. The molecule has 1 amide bonds. The number of aliphatic hydroxyl groups is 1. The summed E-state index contributed by atoms with van der Waals surface area (Å²) in [6.45, 7) is 3.19. The Morgan fingerprint density at radius 2 is 1.86 bits per heavy atom. The number of anilines is 1. The number of hydrogen-bond acceptors (Lipinski definition) is 5. The maximum Gasteiger partial charge on any atom is 0.408 e. The number of nitrogens with zero attached hydrogens (tertiary/aromatic N) is 3. The van der Waals surface area contributed by atoms with Crippen LogP contribution < -0.4 is 15.6 Å². The Labute approximate surface area is 206 Å². The normalized spacial score (nSPS) is 18.9. The van der Waals surface area contributed by atoms with E-state index in [0.717, 1.165) is 0 Å². The van der Waals surface area contributed by atoms with Gasteiger partial charge in [0.15, 0.2) is 17.3 Å². The molecular weight excluding hydrogens is 506 g/mol. The molecule has 0 aliphatic carbocycles. The minimum absolute atomic E-state index is 0.169. The van der Waals surface area contributed by atoms with Crippen molar-refractivity contribution in [2.75, 3.05) is 11.4 Å². The Morgan fingerprint density at radius 3 is 2.41 bits per heavy atom. The molecule has 0 bridgehead atoms. The summed E-state index contributed by atoms with van der Waals surface area (Å²) >= 11 is 0. The first-order chi connectivity index (χ1) is 17.3. The van der Waals surface area contributed by atoms with Crippen LogP contribution in [0.3, 0.4) is 0 Å². The van der Waals surface area contributed by atoms with Crippen LogP contribution in [0.5, 0.6) is 0 Å². The molecule has 1 fully saturated rings. The lowest BCUT2D eigenvalue weighted by atomic mass is 10.1. The monoisotopic (exact) mass is 528 g/mol. The van der Waals surface area contributed by atoms with Crippen LogP contribution >= 0.6 is 0 Å². The van der Waals surface area contributed by atoms with Gasteiger partial charge in [-0.25, -0.2) is 18.2 Å². The number of β-amino-alcohol motifs (C(OH)–C–C–N with tert-alkyl or cyclic N) is 1. The number of carbonyl (C=O) groups is 1. The summed E-state index contributed by atoms with van der Waals surface area (Å²) in [4.78, 5) is 31.9. The summed E-state index contributed by atoms with van der Waals surface area (Å²) in [6.07, 6.45) is -4.88. The number of pyridine rings is 2. The SMILES string of the molecule is CCC(NC(=O)c1cn(-c2c(F)cc(F)cc2F)c2nc(N3C[C@@H](O)C[C@H]3C)ccc2c1=O)C(F)(F)F. The summed E-state index contributed by atoms with van der Waals surface area (Å²) in [5, 5.41) is 11.4. The zero-order valence-corrected chi connectivity index (χ0v) is 19.6. The van der Waals surface area contributed by atoms with Gasteiger partial charge < -0.3 is 15.3 Å². The smallest absolute Gasteiger partial charge is 0.391 e. The minimum Gasteiger partial charge on any atom is -0.391 e. The fraction of sp³-hybridized carbons (Fsp3) is 0.375. The van der Waals surface area contributed by atoms with Gasteiger partial charge in [-0.1, -0.05) is 6.92 Å². The van der Waals surface area contributed by atoms with Crippen LogP contribution in [0.4, 0.5) is 32.2 Å². The lowest BCUT2D eigenvalue weighted by Gasteiger charge is -2.23. The van der Waals surface area contributed by atoms with E-state index in [1.807, 2.05) is 6.92 Å². The topological polar surface area (TPSA) is 87.5 Å². The molecule has 4 rings (SSSR count). The Balaban J connectivity index is 1.96. The number of halogens is 6. The Kier molecular flexibility index (Phi) is 6.93. The van der Waals surface area contributed by atoms with Crippen LogP contribution in [0, 0.1) is 17.5 Å². The molecule has 2 aromatic heterocycles. The molecule has 1 unspecified atom stereocenters. The van der Waals surface area contributed by atoms with Gasteiger partial charge in [-0.05, 0) is 31.9 Å². The molecule has 1 aliphatic heterocycles. The number of carbonyl (C=O) groups excluding carboxylic acids is 1. The highest BCUT2D eigenvalue weighted by Crippen LogP contribution is 2.28. The van der Waals surface area contributed by atoms with Crippen molar-refractivity contribution in [1.82, 2.24) is 14.9 Å². The molecule has 13 heteroatoms. The number of rotatable bonds is 5. The molecule has 1 aromatic carbocycles. The largest absolute Gasteiger partial charge is 0.408 e. The van der Waals surface area contributed by atoms with E-state index in [9.17, 15) is 41.0 Å². The van der Waals surface area contributed by atoms with Crippen molar-refractivity contribution < 1.29 is 36.2 Å². The Hall–Kier alpha value is -3.61. The van der Waals surface area contributed by atoms with Crippen molar-refractivity contribution in [2.24, 2.45) is 0 Å². The van der Waals surface area contributed by atoms with E-state index in [1.54, 1.807) is 10.2 Å². The lowest BCUT2D eigenvalue weighted by molar-refractivity contribution is -0.153. The van der Waals surface area contributed by atoms with Gasteiger partial charge in [0, 0.05) is 30.9 Å². The molecular formula is C24H22F6N4O3.